The summed E-state index contributed by atoms with van der Waals surface area (Å²) < 4.78 is 14.7. The van der Waals surface area contributed by atoms with Crippen LogP contribution in [-0.2, 0) is 6.54 Å². The van der Waals surface area contributed by atoms with Crippen molar-refractivity contribution in [2.24, 2.45) is 10.4 Å². The Kier molecular flexibility index (Phi) is 5.64. The summed E-state index contributed by atoms with van der Waals surface area (Å²) in [5, 5.41) is 3.16. The minimum absolute atomic E-state index is 0.260. The molecule has 0 spiro atoms. The summed E-state index contributed by atoms with van der Waals surface area (Å²) in [7, 11) is 0. The Morgan fingerprint density at radius 1 is 1.40 bits per heavy atom. The molecule has 1 fully saturated rings. The molecule has 0 amide bonds. The van der Waals surface area contributed by atoms with E-state index in [0.29, 0.717) is 13.1 Å². The van der Waals surface area contributed by atoms with Crippen molar-refractivity contribution >= 4 is 18.1 Å². The van der Waals surface area contributed by atoms with E-state index in [1.165, 1.54) is 5.56 Å². The number of hydrogen-bond acceptors (Lipinski definition) is 4. The lowest BCUT2D eigenvalue weighted by Crippen LogP contribution is -2.47. The van der Waals surface area contributed by atoms with Crippen LogP contribution in [-0.4, -0.2) is 42.4 Å². The van der Waals surface area contributed by atoms with Gasteiger partial charge in [-0.1, -0.05) is 31.2 Å². The second-order valence-corrected chi connectivity index (χ2v) is 8.31. The Bertz CT molecular complexity index is 712. The first-order valence-electron chi connectivity index (χ1n) is 8.80. The number of halogens is 1. The number of thiazole rings is 1. The van der Waals surface area contributed by atoms with E-state index in [-0.39, 0.29) is 5.41 Å². The van der Waals surface area contributed by atoms with Crippen molar-refractivity contribution in [3.63, 3.8) is 0 Å². The molecule has 0 aliphatic carbocycles. The molecule has 0 radical (unpaired) electrons. The zero-order valence-electron chi connectivity index (χ0n) is 15.0. The molecule has 1 aliphatic heterocycles. The number of benzene rings is 1. The molecule has 134 valence electrons. The summed E-state index contributed by atoms with van der Waals surface area (Å²) in [5.74, 6) is 0. The molecule has 5 heteroatoms. The van der Waals surface area contributed by atoms with Gasteiger partial charge in [-0.3, -0.25) is 4.90 Å². The molecule has 1 saturated heterocycles. The molecule has 2 aromatic rings. The fraction of sp³-hybridized carbons (Fsp3) is 0.500. The normalized spacial score (nSPS) is 24.4. The molecule has 0 saturated carbocycles. The van der Waals surface area contributed by atoms with Crippen LogP contribution in [0.1, 0.15) is 30.3 Å². The molecule has 25 heavy (non-hydrogen) atoms. The van der Waals surface area contributed by atoms with Gasteiger partial charge in [-0.15, -0.1) is 11.3 Å². The van der Waals surface area contributed by atoms with Gasteiger partial charge in [0.05, 0.1) is 10.7 Å². The molecular weight excluding hydrogens is 333 g/mol. The van der Waals surface area contributed by atoms with Gasteiger partial charge < -0.3 is 4.99 Å². The standard InChI is InChI=1S/C20H26FN3S/c1-15-23-18(14-25-15)17-6-4-16(5-7-17)12-24-11-9-20(2,8-10-22-3)19(21)13-24/h4-7,14,19H,3,8-13H2,1-2H3. The third-order valence-electron chi connectivity index (χ3n) is 5.29. The molecule has 3 rings (SSSR count). The lowest BCUT2D eigenvalue weighted by Gasteiger charge is -2.42. The van der Waals surface area contributed by atoms with Gasteiger partial charge in [0.25, 0.3) is 0 Å². The highest BCUT2D eigenvalue weighted by Crippen LogP contribution is 2.37. The van der Waals surface area contributed by atoms with Crippen LogP contribution >= 0.6 is 11.3 Å². The lowest BCUT2D eigenvalue weighted by molar-refractivity contribution is 0.0117. The van der Waals surface area contributed by atoms with Crippen molar-refractivity contribution in [1.29, 1.82) is 0 Å². The molecule has 0 N–H and O–H groups in total. The van der Waals surface area contributed by atoms with E-state index in [4.69, 9.17) is 0 Å². The number of nitrogens with zero attached hydrogens (tertiary/aromatic N) is 3. The van der Waals surface area contributed by atoms with Gasteiger partial charge in [0.2, 0.25) is 0 Å². The number of piperidine rings is 1. The highest BCUT2D eigenvalue weighted by molar-refractivity contribution is 7.09. The minimum atomic E-state index is -0.805. The molecular formula is C20H26FN3S. The molecule has 2 unspecified atom stereocenters. The van der Waals surface area contributed by atoms with Crippen molar-refractivity contribution in [3.8, 4) is 11.3 Å². The number of hydrogen-bond donors (Lipinski definition) is 0. The van der Waals surface area contributed by atoms with Crippen molar-refractivity contribution in [2.75, 3.05) is 19.6 Å². The summed E-state index contributed by atoms with van der Waals surface area (Å²) in [4.78, 5) is 10.6. The molecule has 1 aliphatic rings. The van der Waals surface area contributed by atoms with Gasteiger partial charge in [0.1, 0.15) is 6.17 Å². The molecule has 2 heterocycles. The van der Waals surface area contributed by atoms with Crippen LogP contribution in [0.5, 0.6) is 0 Å². The van der Waals surface area contributed by atoms with Gasteiger partial charge >= 0.3 is 0 Å². The summed E-state index contributed by atoms with van der Waals surface area (Å²) in [6.45, 7) is 10.5. The fourth-order valence-electron chi connectivity index (χ4n) is 3.40. The van der Waals surface area contributed by atoms with Gasteiger partial charge in [-0.2, -0.15) is 0 Å². The van der Waals surface area contributed by atoms with Crippen LogP contribution in [0, 0.1) is 12.3 Å². The minimum Gasteiger partial charge on any atom is -0.301 e. The van der Waals surface area contributed by atoms with Crippen LogP contribution in [0.2, 0.25) is 0 Å². The smallest absolute Gasteiger partial charge is 0.118 e. The maximum Gasteiger partial charge on any atom is 0.118 e. The third-order valence-corrected chi connectivity index (χ3v) is 6.06. The number of rotatable bonds is 6. The van der Waals surface area contributed by atoms with Crippen LogP contribution in [0.15, 0.2) is 34.6 Å². The van der Waals surface area contributed by atoms with Crippen LogP contribution in [0.25, 0.3) is 11.3 Å². The number of aryl methyl sites for hydroxylation is 1. The Hall–Kier alpha value is -1.59. The molecule has 1 aromatic heterocycles. The average Bonchev–Trinajstić information content (AvgIpc) is 3.04. The Balaban J connectivity index is 1.59. The first-order valence-corrected chi connectivity index (χ1v) is 9.68. The average molecular weight is 360 g/mol. The number of aliphatic imine (C=N–C) groups is 1. The quantitative estimate of drug-likeness (QED) is 0.696. The molecule has 2 atom stereocenters. The molecule has 3 nitrogen and oxygen atoms in total. The fourth-order valence-corrected chi connectivity index (χ4v) is 4.03. The van der Waals surface area contributed by atoms with Gasteiger partial charge in [-0.25, -0.2) is 9.37 Å². The van der Waals surface area contributed by atoms with Crippen molar-refractivity contribution in [3.05, 3.63) is 40.2 Å². The van der Waals surface area contributed by atoms with Crippen molar-refractivity contribution < 1.29 is 4.39 Å². The Labute approximate surface area is 153 Å². The van der Waals surface area contributed by atoms with Gasteiger partial charge in [-0.05, 0) is 38.6 Å². The molecule has 0 bridgehead atoms. The van der Waals surface area contributed by atoms with E-state index >= 15 is 0 Å². The van der Waals surface area contributed by atoms with Crippen molar-refractivity contribution in [1.82, 2.24) is 9.88 Å². The zero-order chi connectivity index (χ0) is 17.9. The zero-order valence-corrected chi connectivity index (χ0v) is 15.9. The predicted molar refractivity (Wildman–Crippen MR) is 104 cm³/mol. The van der Waals surface area contributed by atoms with Crippen molar-refractivity contribution in [2.45, 2.75) is 39.4 Å². The summed E-state index contributed by atoms with van der Waals surface area (Å²) in [6.07, 6.45) is 0.855. The van der Waals surface area contributed by atoms with E-state index in [0.717, 1.165) is 42.2 Å². The van der Waals surface area contributed by atoms with Gasteiger partial charge in [0, 0.05) is 36.0 Å². The van der Waals surface area contributed by atoms with E-state index in [9.17, 15) is 4.39 Å². The monoisotopic (exact) mass is 359 g/mol. The SMILES string of the molecule is C=NCCC1(C)CCN(Cc2ccc(-c3csc(C)n3)cc2)CC1F. The highest BCUT2D eigenvalue weighted by atomic mass is 32.1. The maximum atomic E-state index is 14.7. The second-order valence-electron chi connectivity index (χ2n) is 7.25. The van der Waals surface area contributed by atoms with E-state index < -0.39 is 6.17 Å². The predicted octanol–water partition coefficient (Wildman–Crippen LogP) is 4.76. The largest absolute Gasteiger partial charge is 0.301 e. The Morgan fingerprint density at radius 3 is 2.76 bits per heavy atom. The number of likely N-dealkylation sites (tertiary alicyclic amines) is 1. The van der Waals surface area contributed by atoms with E-state index in [1.54, 1.807) is 11.3 Å². The first kappa shape index (κ1) is 18.2. The number of alkyl halides is 1. The van der Waals surface area contributed by atoms with Gasteiger partial charge in [0.15, 0.2) is 0 Å². The van der Waals surface area contributed by atoms with Crippen LogP contribution in [0.3, 0.4) is 0 Å². The number of aromatic nitrogens is 1. The second kappa shape index (κ2) is 7.75. The summed E-state index contributed by atoms with van der Waals surface area (Å²) in [5.41, 5.74) is 3.13. The Morgan fingerprint density at radius 2 is 2.16 bits per heavy atom. The highest BCUT2D eigenvalue weighted by Gasteiger charge is 2.39. The lowest BCUT2D eigenvalue weighted by atomic mass is 9.76. The third kappa shape index (κ3) is 4.33. The maximum absolute atomic E-state index is 14.7. The molecule has 1 aromatic carbocycles. The summed E-state index contributed by atoms with van der Waals surface area (Å²) in [6, 6.07) is 8.49. The topological polar surface area (TPSA) is 28.5 Å². The van der Waals surface area contributed by atoms with E-state index in [2.05, 4.69) is 51.2 Å². The van der Waals surface area contributed by atoms with Crippen LogP contribution in [0.4, 0.5) is 4.39 Å². The van der Waals surface area contributed by atoms with E-state index in [1.807, 2.05) is 13.8 Å². The first-order chi connectivity index (χ1) is 12.0. The summed E-state index contributed by atoms with van der Waals surface area (Å²) >= 11 is 1.67. The van der Waals surface area contributed by atoms with Crippen LogP contribution < -0.4 is 0 Å².